The average molecular weight is 518 g/mol. The van der Waals surface area contributed by atoms with Gasteiger partial charge in [0.1, 0.15) is 21.4 Å². The summed E-state index contributed by atoms with van der Waals surface area (Å²) >= 11 is 6.38. The Kier molecular flexibility index (Phi) is 7.44. The molecule has 0 amide bonds. The first kappa shape index (κ1) is 24.9. The summed E-state index contributed by atoms with van der Waals surface area (Å²) in [5.74, 6) is 1.26. The number of hydrogen-bond acceptors (Lipinski definition) is 9. The zero-order valence-electron chi connectivity index (χ0n) is 19.3. The molecule has 1 unspecified atom stereocenters. The second-order valence-corrected chi connectivity index (χ2v) is 12.4. The van der Waals surface area contributed by atoms with Gasteiger partial charge in [-0.3, -0.25) is 0 Å². The highest BCUT2D eigenvalue weighted by Crippen LogP contribution is 2.37. The normalized spacial score (nSPS) is 17.2. The van der Waals surface area contributed by atoms with Crippen LogP contribution in [0.2, 0.25) is 5.02 Å². The number of aromatic nitrogens is 3. The molecule has 2 aromatic heterocycles. The van der Waals surface area contributed by atoms with Gasteiger partial charge in [-0.1, -0.05) is 47.6 Å². The number of halogens is 1. The quantitative estimate of drug-likeness (QED) is 0.423. The number of benzene rings is 1. The maximum Gasteiger partial charge on any atom is 0.158 e. The van der Waals surface area contributed by atoms with Gasteiger partial charge in [-0.25, -0.2) is 15.0 Å². The van der Waals surface area contributed by atoms with Gasteiger partial charge in [0.05, 0.1) is 17.3 Å². The third-order valence-corrected chi connectivity index (χ3v) is 8.64. The van der Waals surface area contributed by atoms with Crippen LogP contribution in [0.3, 0.4) is 0 Å². The van der Waals surface area contributed by atoms with E-state index < -0.39 is 11.4 Å². The van der Waals surface area contributed by atoms with Gasteiger partial charge in [0.25, 0.3) is 0 Å². The molecule has 4 rings (SSSR count). The van der Waals surface area contributed by atoms with E-state index in [9.17, 15) is 4.55 Å². The Morgan fingerprint density at radius 2 is 1.94 bits per heavy atom. The number of pyridine rings is 1. The third kappa shape index (κ3) is 5.52. The summed E-state index contributed by atoms with van der Waals surface area (Å²) in [6, 6.07) is 9.97. The highest BCUT2D eigenvalue weighted by atomic mass is 35.5. The van der Waals surface area contributed by atoms with Gasteiger partial charge in [0.2, 0.25) is 0 Å². The van der Waals surface area contributed by atoms with Crippen LogP contribution in [0.5, 0.6) is 0 Å². The number of nitrogen functional groups attached to an aromatic ring is 2. The molecular formula is C23H28ClN7OS2. The lowest BCUT2D eigenvalue weighted by Crippen LogP contribution is -2.41. The smallest absolute Gasteiger partial charge is 0.158 e. The van der Waals surface area contributed by atoms with Crippen molar-refractivity contribution in [3.8, 4) is 0 Å². The van der Waals surface area contributed by atoms with Crippen LogP contribution in [-0.2, 0) is 17.9 Å². The van der Waals surface area contributed by atoms with E-state index >= 15 is 0 Å². The third-order valence-electron chi connectivity index (χ3n) is 5.45. The Bertz CT molecular complexity index is 1170. The molecule has 0 radical (unpaired) electrons. The Labute approximate surface area is 212 Å². The molecule has 0 bridgehead atoms. The number of rotatable bonds is 5. The summed E-state index contributed by atoms with van der Waals surface area (Å²) in [6.07, 6.45) is 4.08. The van der Waals surface area contributed by atoms with Crippen LogP contribution in [0.4, 0.5) is 17.5 Å². The first-order valence-electron chi connectivity index (χ1n) is 10.8. The SMILES string of the molecule is CC(C)(C)[S+]([O-])N[C@H]1CCN(c2cnc(Sc3ccnc(N)c3Cl)c(N)n2)Cc2ccccc21. The fraction of sp³-hybridized carbons (Fsp3) is 0.348. The molecule has 34 heavy (non-hydrogen) atoms. The number of nitrogens with zero attached hydrogens (tertiary/aromatic N) is 4. The van der Waals surface area contributed by atoms with Gasteiger partial charge < -0.3 is 20.9 Å². The number of fused-ring (bicyclic) bond motifs is 1. The van der Waals surface area contributed by atoms with Crippen molar-refractivity contribution >= 4 is 52.2 Å². The van der Waals surface area contributed by atoms with Gasteiger partial charge in [-0.15, -0.1) is 4.72 Å². The number of hydrogen-bond donors (Lipinski definition) is 3. The van der Waals surface area contributed by atoms with Gasteiger partial charge in [-0.05, 0) is 44.4 Å². The minimum absolute atomic E-state index is 0.0271. The van der Waals surface area contributed by atoms with E-state index in [-0.39, 0.29) is 16.6 Å². The predicted octanol–water partition coefficient (Wildman–Crippen LogP) is 4.34. The molecule has 8 nitrogen and oxygen atoms in total. The van der Waals surface area contributed by atoms with Crippen LogP contribution >= 0.6 is 23.4 Å². The number of nitrogens with one attached hydrogen (secondary N) is 1. The van der Waals surface area contributed by atoms with E-state index in [0.717, 1.165) is 17.5 Å². The van der Waals surface area contributed by atoms with Crippen molar-refractivity contribution in [2.75, 3.05) is 22.9 Å². The van der Waals surface area contributed by atoms with E-state index in [1.54, 1.807) is 18.5 Å². The predicted molar refractivity (Wildman–Crippen MR) is 140 cm³/mol. The summed E-state index contributed by atoms with van der Waals surface area (Å²) in [7, 11) is 0. The summed E-state index contributed by atoms with van der Waals surface area (Å²) in [6.45, 7) is 7.27. The van der Waals surface area contributed by atoms with E-state index in [4.69, 9.17) is 23.1 Å². The molecule has 0 saturated carbocycles. The monoisotopic (exact) mass is 517 g/mol. The average Bonchev–Trinajstić information content (AvgIpc) is 2.97. The second-order valence-electron chi connectivity index (χ2n) is 8.99. The van der Waals surface area contributed by atoms with Crippen LogP contribution in [0.25, 0.3) is 0 Å². The van der Waals surface area contributed by atoms with E-state index in [0.29, 0.717) is 39.7 Å². The molecule has 1 aromatic carbocycles. The lowest BCUT2D eigenvalue weighted by Gasteiger charge is -2.28. The van der Waals surface area contributed by atoms with Crippen molar-refractivity contribution in [1.29, 1.82) is 0 Å². The molecule has 3 aromatic rings. The molecule has 0 spiro atoms. The molecule has 1 aliphatic rings. The summed E-state index contributed by atoms with van der Waals surface area (Å²) in [5.41, 5.74) is 14.4. The largest absolute Gasteiger partial charge is 0.598 e. The summed E-state index contributed by atoms with van der Waals surface area (Å²) in [4.78, 5) is 16.0. The van der Waals surface area contributed by atoms with Gasteiger partial charge in [0, 0.05) is 35.5 Å². The molecule has 0 saturated heterocycles. The zero-order chi connectivity index (χ0) is 24.5. The summed E-state index contributed by atoms with van der Waals surface area (Å²) < 4.78 is 15.8. The highest BCUT2D eigenvalue weighted by Gasteiger charge is 2.32. The maximum absolute atomic E-state index is 12.8. The maximum atomic E-state index is 12.8. The molecule has 1 aliphatic heterocycles. The lowest BCUT2D eigenvalue weighted by molar-refractivity contribution is 0.514. The van der Waals surface area contributed by atoms with E-state index in [2.05, 4.69) is 36.7 Å². The van der Waals surface area contributed by atoms with Gasteiger partial charge in [-0.2, -0.15) is 0 Å². The Balaban J connectivity index is 1.56. The Morgan fingerprint density at radius 1 is 1.18 bits per heavy atom. The van der Waals surface area contributed by atoms with Crippen molar-refractivity contribution in [2.45, 2.75) is 54.4 Å². The van der Waals surface area contributed by atoms with Crippen molar-refractivity contribution in [1.82, 2.24) is 19.7 Å². The van der Waals surface area contributed by atoms with Gasteiger partial charge >= 0.3 is 0 Å². The first-order valence-corrected chi connectivity index (χ1v) is 13.2. The Morgan fingerprint density at radius 3 is 2.68 bits per heavy atom. The van der Waals surface area contributed by atoms with Crippen molar-refractivity contribution in [3.05, 3.63) is 58.9 Å². The Hall–Kier alpha value is -2.24. The van der Waals surface area contributed by atoms with Crippen molar-refractivity contribution in [3.63, 3.8) is 0 Å². The van der Waals surface area contributed by atoms with Crippen molar-refractivity contribution in [2.24, 2.45) is 0 Å². The molecular weight excluding hydrogens is 490 g/mol. The molecule has 0 aliphatic carbocycles. The number of nitrogens with two attached hydrogens (primary N) is 2. The summed E-state index contributed by atoms with van der Waals surface area (Å²) in [5, 5.41) is 0.916. The van der Waals surface area contributed by atoms with Crippen LogP contribution in [-0.4, -0.2) is 30.8 Å². The second kappa shape index (κ2) is 10.2. The minimum Gasteiger partial charge on any atom is -0.598 e. The topological polar surface area (TPSA) is 129 Å². The van der Waals surface area contributed by atoms with E-state index in [1.165, 1.54) is 11.8 Å². The number of anilines is 3. The molecule has 180 valence electrons. The molecule has 11 heteroatoms. The highest BCUT2D eigenvalue weighted by molar-refractivity contribution is 7.99. The zero-order valence-corrected chi connectivity index (χ0v) is 21.7. The molecule has 5 N–H and O–H groups in total. The molecule has 3 heterocycles. The van der Waals surface area contributed by atoms with Gasteiger partial charge in [0.15, 0.2) is 5.82 Å². The fourth-order valence-electron chi connectivity index (χ4n) is 3.61. The standard InChI is InChI=1S/C23H28ClN7OS2/c1-23(2,3)34(32)30-16-9-11-31(13-14-6-4-5-7-15(14)16)18-12-28-22(21(26)29-18)33-17-8-10-27-20(25)19(17)24/h4-8,10,12,16,30H,9,11,13H2,1-3H3,(H2,25,27)(H2,26,29)/t16-,34?/m0/s1. The first-order chi connectivity index (χ1) is 16.1. The molecule has 0 fully saturated rings. The molecule has 2 atom stereocenters. The van der Waals surface area contributed by atoms with Crippen LogP contribution in [0.1, 0.15) is 44.4 Å². The minimum atomic E-state index is -1.18. The lowest BCUT2D eigenvalue weighted by atomic mass is 10.0. The van der Waals surface area contributed by atoms with Crippen molar-refractivity contribution < 1.29 is 4.55 Å². The van der Waals surface area contributed by atoms with E-state index in [1.807, 2.05) is 32.9 Å². The van der Waals surface area contributed by atoms with Crippen LogP contribution in [0.15, 0.2) is 52.6 Å². The fourth-order valence-corrected chi connectivity index (χ4v) is 5.48. The van der Waals surface area contributed by atoms with Crippen LogP contribution < -0.4 is 21.1 Å². The van der Waals surface area contributed by atoms with Crippen LogP contribution in [0, 0.1) is 0 Å².